The predicted molar refractivity (Wildman–Crippen MR) is 125 cm³/mol. The van der Waals surface area contributed by atoms with Gasteiger partial charge in [-0.15, -0.1) is 0 Å². The third-order valence-electron chi connectivity index (χ3n) is 6.80. The van der Waals surface area contributed by atoms with Gasteiger partial charge in [-0.1, -0.05) is 35.4 Å². The third-order valence-corrected chi connectivity index (χ3v) is 7.11. The number of halogens is 1. The van der Waals surface area contributed by atoms with Crippen LogP contribution in [0.4, 0.5) is 5.69 Å². The van der Waals surface area contributed by atoms with Crippen molar-refractivity contribution < 1.29 is 0 Å². The molecule has 2 aromatic carbocycles. The molecule has 0 amide bonds. The number of hydrogen-bond acceptors (Lipinski definition) is 4. The van der Waals surface area contributed by atoms with Crippen LogP contribution >= 0.6 is 11.6 Å². The Kier molecular flexibility index (Phi) is 5.36. The average molecular weight is 439 g/mol. The Morgan fingerprint density at radius 2 is 1.71 bits per heavy atom. The lowest BCUT2D eigenvalue weighted by molar-refractivity contribution is 0.164. The van der Waals surface area contributed by atoms with Gasteiger partial charge in [0.2, 0.25) is 0 Å². The second kappa shape index (κ2) is 8.17. The first kappa shape index (κ1) is 20.3. The van der Waals surface area contributed by atoms with E-state index in [9.17, 15) is 9.59 Å². The molecule has 3 heterocycles. The Morgan fingerprint density at radius 1 is 1.00 bits per heavy atom. The number of hydrogen-bond donors (Lipinski definition) is 1. The van der Waals surface area contributed by atoms with Gasteiger partial charge in [0.25, 0.3) is 5.56 Å². The highest BCUT2D eigenvalue weighted by molar-refractivity contribution is 6.34. The van der Waals surface area contributed by atoms with Crippen LogP contribution in [0.3, 0.4) is 0 Å². The molecule has 2 aliphatic rings. The summed E-state index contributed by atoms with van der Waals surface area (Å²) in [6, 6.07) is 15.0. The second-order valence-electron chi connectivity index (χ2n) is 8.77. The normalized spacial score (nSPS) is 21.2. The Balaban J connectivity index is 1.26. The van der Waals surface area contributed by atoms with Crippen molar-refractivity contribution in [2.24, 2.45) is 0 Å². The first-order chi connectivity index (χ1) is 15.0. The number of anilines is 1. The van der Waals surface area contributed by atoms with Crippen molar-refractivity contribution in [3.8, 4) is 0 Å². The molecule has 0 aliphatic carbocycles. The van der Waals surface area contributed by atoms with Gasteiger partial charge in [-0.3, -0.25) is 14.3 Å². The number of aryl methyl sites for hydroxylation is 1. The van der Waals surface area contributed by atoms with Crippen molar-refractivity contribution in [1.29, 1.82) is 0 Å². The van der Waals surface area contributed by atoms with Crippen LogP contribution in [0.1, 0.15) is 24.8 Å². The topological polar surface area (TPSA) is 61.3 Å². The van der Waals surface area contributed by atoms with Crippen molar-refractivity contribution in [2.75, 3.05) is 24.5 Å². The van der Waals surface area contributed by atoms with Crippen molar-refractivity contribution in [3.05, 3.63) is 73.9 Å². The molecule has 0 radical (unpaired) electrons. The second-order valence-corrected chi connectivity index (χ2v) is 9.17. The van der Waals surface area contributed by atoms with E-state index in [1.54, 1.807) is 18.2 Å². The first-order valence-corrected chi connectivity index (χ1v) is 11.4. The molecule has 2 unspecified atom stereocenters. The molecular weight excluding hydrogens is 412 g/mol. The van der Waals surface area contributed by atoms with Crippen LogP contribution in [0.2, 0.25) is 5.02 Å². The zero-order valence-corrected chi connectivity index (χ0v) is 18.4. The van der Waals surface area contributed by atoms with Crippen LogP contribution in [0, 0.1) is 6.92 Å². The van der Waals surface area contributed by atoms with Crippen LogP contribution in [0.15, 0.2) is 52.1 Å². The van der Waals surface area contributed by atoms with Crippen molar-refractivity contribution in [1.82, 2.24) is 14.5 Å². The molecule has 0 spiro atoms. The van der Waals surface area contributed by atoms with Gasteiger partial charge < -0.3 is 9.88 Å². The monoisotopic (exact) mass is 438 g/mol. The van der Waals surface area contributed by atoms with E-state index >= 15 is 0 Å². The van der Waals surface area contributed by atoms with E-state index in [2.05, 4.69) is 46.0 Å². The molecule has 2 bridgehead atoms. The fourth-order valence-electron chi connectivity index (χ4n) is 5.18. The summed E-state index contributed by atoms with van der Waals surface area (Å²) in [7, 11) is 0. The molecule has 6 nitrogen and oxygen atoms in total. The molecule has 2 atom stereocenters. The number of para-hydroxylation sites is 1. The summed E-state index contributed by atoms with van der Waals surface area (Å²) in [5.41, 5.74) is 2.34. The lowest BCUT2D eigenvalue weighted by Crippen LogP contribution is -2.54. The molecule has 5 rings (SSSR count). The number of fused-ring (bicyclic) bond motifs is 3. The Bertz CT molecular complexity index is 1200. The number of aromatic amines is 1. The molecule has 2 saturated heterocycles. The summed E-state index contributed by atoms with van der Waals surface area (Å²) in [6.07, 6.45) is 3.19. The predicted octanol–water partition coefficient (Wildman–Crippen LogP) is 3.39. The van der Waals surface area contributed by atoms with Crippen LogP contribution in [-0.4, -0.2) is 46.2 Å². The van der Waals surface area contributed by atoms with E-state index in [-0.39, 0.29) is 5.56 Å². The number of benzene rings is 2. The summed E-state index contributed by atoms with van der Waals surface area (Å²) in [6.45, 7) is 5.50. The molecule has 2 aliphatic heterocycles. The molecule has 3 aromatic rings. The smallest absolute Gasteiger partial charge is 0.328 e. The SMILES string of the molecule is Cc1ccc(N2CC3CCC(C2)N3CCCn2c(=O)[nH]c3c(Cl)cccc3c2=O)cc1. The van der Waals surface area contributed by atoms with Gasteiger partial charge in [-0.05, 0) is 50.5 Å². The van der Waals surface area contributed by atoms with E-state index in [0.29, 0.717) is 34.6 Å². The fraction of sp³-hybridized carbons (Fsp3) is 0.417. The molecule has 0 saturated carbocycles. The van der Waals surface area contributed by atoms with Crippen LogP contribution < -0.4 is 16.1 Å². The molecule has 31 heavy (non-hydrogen) atoms. The van der Waals surface area contributed by atoms with E-state index < -0.39 is 5.69 Å². The highest BCUT2D eigenvalue weighted by atomic mass is 35.5. The van der Waals surface area contributed by atoms with Crippen molar-refractivity contribution in [3.63, 3.8) is 0 Å². The van der Waals surface area contributed by atoms with E-state index in [1.807, 2.05) is 0 Å². The Labute approximate surface area is 186 Å². The average Bonchev–Trinajstić information content (AvgIpc) is 2.99. The molecular formula is C24H27ClN4O2. The van der Waals surface area contributed by atoms with Crippen LogP contribution in [-0.2, 0) is 6.54 Å². The number of aromatic nitrogens is 2. The minimum absolute atomic E-state index is 0.270. The molecule has 7 heteroatoms. The molecule has 1 N–H and O–H groups in total. The highest BCUT2D eigenvalue weighted by Gasteiger charge is 2.39. The van der Waals surface area contributed by atoms with Gasteiger partial charge in [0.15, 0.2) is 0 Å². The molecule has 162 valence electrons. The van der Waals surface area contributed by atoms with Gasteiger partial charge in [-0.25, -0.2) is 4.79 Å². The summed E-state index contributed by atoms with van der Waals surface area (Å²) in [5.74, 6) is 0. The van der Waals surface area contributed by atoms with Crippen molar-refractivity contribution >= 4 is 28.2 Å². The van der Waals surface area contributed by atoms with Crippen LogP contribution in [0.5, 0.6) is 0 Å². The van der Waals surface area contributed by atoms with Gasteiger partial charge >= 0.3 is 5.69 Å². The van der Waals surface area contributed by atoms with Gasteiger partial charge in [-0.2, -0.15) is 0 Å². The highest BCUT2D eigenvalue weighted by Crippen LogP contribution is 2.32. The largest absolute Gasteiger partial charge is 0.368 e. The minimum atomic E-state index is -0.391. The molecule has 1 aromatic heterocycles. The number of H-pyrrole nitrogens is 1. The summed E-state index contributed by atoms with van der Waals surface area (Å²) in [4.78, 5) is 33.1. The van der Waals surface area contributed by atoms with E-state index in [1.165, 1.54) is 28.7 Å². The Hall–Kier alpha value is -2.57. The van der Waals surface area contributed by atoms with E-state index in [4.69, 9.17) is 11.6 Å². The zero-order valence-electron chi connectivity index (χ0n) is 17.7. The lowest BCUT2D eigenvalue weighted by atomic mass is 10.1. The summed E-state index contributed by atoms with van der Waals surface area (Å²) >= 11 is 6.13. The number of piperazine rings is 1. The standard InChI is InChI=1S/C24H27ClN4O2/c1-16-6-8-17(9-7-16)27-14-18-10-11-19(15-27)28(18)12-3-13-29-23(30)20-4-2-5-21(25)22(20)26-24(29)31/h2,4-9,18-19H,3,10-15H2,1H3,(H,26,31). The molecule has 2 fully saturated rings. The van der Waals surface area contributed by atoms with Gasteiger partial charge in [0, 0.05) is 44.0 Å². The van der Waals surface area contributed by atoms with Crippen molar-refractivity contribution in [2.45, 2.75) is 44.8 Å². The summed E-state index contributed by atoms with van der Waals surface area (Å²) in [5, 5.41) is 0.848. The maximum absolute atomic E-state index is 12.8. The van der Waals surface area contributed by atoms with Gasteiger partial charge in [0.1, 0.15) is 0 Å². The lowest BCUT2D eigenvalue weighted by Gasteiger charge is -2.42. The number of nitrogens with zero attached hydrogens (tertiary/aromatic N) is 3. The number of rotatable bonds is 5. The summed E-state index contributed by atoms with van der Waals surface area (Å²) < 4.78 is 1.31. The van der Waals surface area contributed by atoms with Crippen LogP contribution in [0.25, 0.3) is 10.9 Å². The Morgan fingerprint density at radius 3 is 2.42 bits per heavy atom. The quantitative estimate of drug-likeness (QED) is 0.663. The minimum Gasteiger partial charge on any atom is -0.368 e. The maximum Gasteiger partial charge on any atom is 0.328 e. The third kappa shape index (κ3) is 3.79. The first-order valence-electron chi connectivity index (χ1n) is 11.0. The van der Waals surface area contributed by atoms with E-state index in [0.717, 1.165) is 26.1 Å². The van der Waals surface area contributed by atoms with Gasteiger partial charge in [0.05, 0.1) is 15.9 Å². The number of nitrogens with one attached hydrogen (secondary N) is 1. The zero-order chi connectivity index (χ0) is 21.5. The maximum atomic E-state index is 12.8. The fourth-order valence-corrected chi connectivity index (χ4v) is 5.40.